The smallest absolute Gasteiger partial charge is 0.143 e. The molecular weight excluding hydrogens is 496 g/mol. The van der Waals surface area contributed by atoms with E-state index < -0.39 is 0 Å². The van der Waals surface area contributed by atoms with Crippen molar-refractivity contribution in [3.8, 4) is 22.3 Å². The fourth-order valence-electron chi connectivity index (χ4n) is 6.38. The summed E-state index contributed by atoms with van der Waals surface area (Å²) >= 11 is 0. The molecule has 6 aromatic carbocycles. The number of hydrogen-bond acceptors (Lipinski definition) is 1. The Balaban J connectivity index is 1.36. The molecule has 0 saturated carbocycles. The van der Waals surface area contributed by atoms with Crippen LogP contribution < -0.4 is 0 Å². The van der Waals surface area contributed by atoms with Crippen LogP contribution in [-0.4, -0.2) is 0 Å². The van der Waals surface area contributed by atoms with Crippen LogP contribution in [0.4, 0.5) is 0 Å². The van der Waals surface area contributed by atoms with E-state index in [4.69, 9.17) is 4.42 Å². The summed E-state index contributed by atoms with van der Waals surface area (Å²) in [5.41, 5.74) is 9.66. The van der Waals surface area contributed by atoms with Crippen LogP contribution in [0, 0.1) is 0 Å². The summed E-state index contributed by atoms with van der Waals surface area (Å²) in [7, 11) is 0. The molecule has 1 heterocycles. The highest BCUT2D eigenvalue weighted by atomic mass is 16.3. The second-order valence-corrected chi connectivity index (χ2v) is 11.4. The molecule has 0 saturated heterocycles. The van der Waals surface area contributed by atoms with Crippen molar-refractivity contribution in [2.45, 2.75) is 52.4 Å². The summed E-state index contributed by atoms with van der Waals surface area (Å²) in [6, 6.07) is 40.4. The zero-order chi connectivity index (χ0) is 27.8. The lowest BCUT2D eigenvalue weighted by atomic mass is 9.91. The molecule has 202 valence electrons. The maximum Gasteiger partial charge on any atom is 0.143 e. The molecule has 0 fully saturated rings. The topological polar surface area (TPSA) is 13.1 Å². The lowest BCUT2D eigenvalue weighted by molar-refractivity contribution is 0.669. The molecule has 1 nitrogen and oxygen atoms in total. The highest BCUT2D eigenvalue weighted by Crippen LogP contribution is 2.40. The minimum Gasteiger partial charge on any atom is -0.455 e. The third kappa shape index (κ3) is 4.70. The second kappa shape index (κ2) is 10.9. The predicted octanol–water partition coefficient (Wildman–Crippen LogP) is 11.9. The van der Waals surface area contributed by atoms with Gasteiger partial charge in [-0.05, 0) is 105 Å². The maximum atomic E-state index is 6.58. The zero-order valence-electron chi connectivity index (χ0n) is 24.0. The van der Waals surface area contributed by atoms with E-state index in [-0.39, 0.29) is 0 Å². The first-order valence-electron chi connectivity index (χ1n) is 15.2. The van der Waals surface area contributed by atoms with Crippen LogP contribution in [0.5, 0.6) is 0 Å². The van der Waals surface area contributed by atoms with E-state index in [2.05, 4.69) is 123 Å². The molecule has 41 heavy (non-hydrogen) atoms. The SMILES string of the molecule is CCCCc1ccc2oc3c(-c4ccc(-c5cc6ccccc6c6ccccc56)cc4)cc(CCCC)cc3c2c1. The molecule has 0 atom stereocenters. The maximum absolute atomic E-state index is 6.58. The van der Waals surface area contributed by atoms with E-state index in [9.17, 15) is 0 Å². The molecular formula is C40H36O. The Bertz CT molecular complexity index is 2010. The summed E-state index contributed by atoms with van der Waals surface area (Å²) in [4.78, 5) is 0. The van der Waals surface area contributed by atoms with Crippen LogP contribution in [0.3, 0.4) is 0 Å². The summed E-state index contributed by atoms with van der Waals surface area (Å²) in [5, 5.41) is 7.65. The van der Waals surface area contributed by atoms with Gasteiger partial charge in [0.2, 0.25) is 0 Å². The molecule has 7 aromatic rings. The molecule has 0 spiro atoms. The van der Waals surface area contributed by atoms with E-state index >= 15 is 0 Å². The van der Waals surface area contributed by atoms with Crippen LogP contribution in [0.2, 0.25) is 0 Å². The number of rotatable bonds is 8. The van der Waals surface area contributed by atoms with E-state index in [0.29, 0.717) is 0 Å². The van der Waals surface area contributed by atoms with Gasteiger partial charge in [0.15, 0.2) is 0 Å². The van der Waals surface area contributed by atoms with Crippen molar-refractivity contribution in [2.75, 3.05) is 0 Å². The van der Waals surface area contributed by atoms with Crippen LogP contribution in [-0.2, 0) is 12.8 Å². The van der Waals surface area contributed by atoms with E-state index in [1.165, 1.54) is 91.4 Å². The Morgan fingerprint density at radius 1 is 0.488 bits per heavy atom. The van der Waals surface area contributed by atoms with Gasteiger partial charge in [-0.3, -0.25) is 0 Å². The van der Waals surface area contributed by atoms with Crippen LogP contribution in [0.25, 0.3) is 65.7 Å². The van der Waals surface area contributed by atoms with Crippen molar-refractivity contribution in [2.24, 2.45) is 0 Å². The average molecular weight is 533 g/mol. The number of benzene rings is 6. The Morgan fingerprint density at radius 3 is 1.88 bits per heavy atom. The molecule has 0 bridgehead atoms. The first-order chi connectivity index (χ1) is 20.2. The van der Waals surface area contributed by atoms with Crippen molar-refractivity contribution < 1.29 is 4.42 Å². The van der Waals surface area contributed by atoms with Crippen molar-refractivity contribution in [3.05, 3.63) is 120 Å². The quantitative estimate of drug-likeness (QED) is 0.177. The van der Waals surface area contributed by atoms with Crippen LogP contribution in [0.15, 0.2) is 114 Å². The van der Waals surface area contributed by atoms with Gasteiger partial charge in [0.25, 0.3) is 0 Å². The minimum absolute atomic E-state index is 0.980. The van der Waals surface area contributed by atoms with Crippen molar-refractivity contribution in [1.29, 1.82) is 0 Å². The summed E-state index contributed by atoms with van der Waals surface area (Å²) in [5.74, 6) is 0. The lowest BCUT2D eigenvalue weighted by Crippen LogP contribution is -1.89. The van der Waals surface area contributed by atoms with Gasteiger partial charge in [0.05, 0.1) is 0 Å². The second-order valence-electron chi connectivity index (χ2n) is 11.4. The van der Waals surface area contributed by atoms with Gasteiger partial charge in [-0.2, -0.15) is 0 Å². The first kappa shape index (κ1) is 25.6. The Labute approximate surface area is 242 Å². The molecule has 0 amide bonds. The lowest BCUT2D eigenvalue weighted by Gasteiger charge is -2.12. The number of aryl methyl sites for hydroxylation is 2. The Hall–Kier alpha value is -4.36. The van der Waals surface area contributed by atoms with Gasteiger partial charge in [-0.15, -0.1) is 0 Å². The van der Waals surface area contributed by atoms with Crippen molar-refractivity contribution >= 4 is 43.5 Å². The first-order valence-corrected chi connectivity index (χ1v) is 15.2. The van der Waals surface area contributed by atoms with Gasteiger partial charge in [0, 0.05) is 16.3 Å². The molecule has 0 unspecified atom stereocenters. The number of hydrogen-bond donors (Lipinski definition) is 0. The summed E-state index contributed by atoms with van der Waals surface area (Å²) in [6.45, 7) is 4.52. The number of furan rings is 1. The Kier molecular flexibility index (Phi) is 6.80. The third-order valence-electron chi connectivity index (χ3n) is 8.61. The summed E-state index contributed by atoms with van der Waals surface area (Å²) in [6.07, 6.45) is 7.01. The molecule has 7 rings (SSSR count). The standard InChI is InChI=1S/C40H36O/c1-3-5-11-27-17-22-39-37(23-27)38-25-28(12-6-4-2)24-36(40(38)41-39)30-20-18-29(19-21-30)35-26-31-13-7-8-14-32(31)33-15-9-10-16-34(33)35/h7-10,13-26H,3-6,11-12H2,1-2H3. The average Bonchev–Trinajstić information content (AvgIpc) is 3.40. The predicted molar refractivity (Wildman–Crippen MR) is 177 cm³/mol. The minimum atomic E-state index is 0.980. The molecule has 0 aliphatic heterocycles. The van der Waals surface area contributed by atoms with Gasteiger partial charge >= 0.3 is 0 Å². The molecule has 1 aromatic heterocycles. The van der Waals surface area contributed by atoms with Crippen molar-refractivity contribution in [3.63, 3.8) is 0 Å². The third-order valence-corrected chi connectivity index (χ3v) is 8.61. The zero-order valence-corrected chi connectivity index (χ0v) is 24.0. The normalized spacial score (nSPS) is 11.8. The molecule has 0 radical (unpaired) electrons. The number of fused-ring (bicyclic) bond motifs is 6. The van der Waals surface area contributed by atoms with Gasteiger partial charge in [-0.1, -0.05) is 106 Å². The van der Waals surface area contributed by atoms with Crippen molar-refractivity contribution in [1.82, 2.24) is 0 Å². The summed E-state index contributed by atoms with van der Waals surface area (Å²) < 4.78 is 6.58. The van der Waals surface area contributed by atoms with Gasteiger partial charge < -0.3 is 4.42 Å². The fraction of sp³-hybridized carbons (Fsp3) is 0.200. The van der Waals surface area contributed by atoms with Gasteiger partial charge in [-0.25, -0.2) is 0 Å². The molecule has 0 aliphatic carbocycles. The van der Waals surface area contributed by atoms with E-state index in [1.54, 1.807) is 0 Å². The Morgan fingerprint density at radius 2 is 1.12 bits per heavy atom. The van der Waals surface area contributed by atoms with Gasteiger partial charge in [0.1, 0.15) is 11.2 Å². The van der Waals surface area contributed by atoms with Crippen LogP contribution >= 0.6 is 0 Å². The van der Waals surface area contributed by atoms with E-state index in [0.717, 1.165) is 24.0 Å². The molecule has 0 N–H and O–H groups in total. The monoisotopic (exact) mass is 532 g/mol. The molecule has 0 aliphatic rings. The number of unbranched alkanes of at least 4 members (excludes halogenated alkanes) is 2. The van der Waals surface area contributed by atoms with E-state index in [1.807, 2.05) is 0 Å². The highest BCUT2D eigenvalue weighted by Gasteiger charge is 2.16. The fourth-order valence-corrected chi connectivity index (χ4v) is 6.38. The van der Waals surface area contributed by atoms with Crippen LogP contribution in [0.1, 0.15) is 50.7 Å². The largest absolute Gasteiger partial charge is 0.455 e. The highest BCUT2D eigenvalue weighted by molar-refractivity contribution is 6.14. The molecule has 1 heteroatoms.